The lowest BCUT2D eigenvalue weighted by Gasteiger charge is -2.21. The highest BCUT2D eigenvalue weighted by molar-refractivity contribution is 6.10. The van der Waals surface area contributed by atoms with Crippen LogP contribution in [0.3, 0.4) is 0 Å². The molecule has 0 aliphatic carbocycles. The highest BCUT2D eigenvalue weighted by Crippen LogP contribution is 2.31. The third-order valence-corrected chi connectivity index (χ3v) is 6.02. The Bertz CT molecular complexity index is 1250. The first kappa shape index (κ1) is 21.9. The maximum Gasteiger partial charge on any atom is 0.265 e. The molecule has 1 aromatic heterocycles. The molecule has 0 bridgehead atoms. The van der Waals surface area contributed by atoms with E-state index in [-0.39, 0.29) is 11.3 Å². The summed E-state index contributed by atoms with van der Waals surface area (Å²) >= 11 is 0. The van der Waals surface area contributed by atoms with Crippen molar-refractivity contribution in [2.24, 2.45) is 0 Å². The van der Waals surface area contributed by atoms with E-state index in [1.54, 1.807) is 0 Å². The Hall–Kier alpha value is -3.27. The fraction of sp³-hybridized carbons (Fsp3) is 0.321. The van der Waals surface area contributed by atoms with Crippen molar-refractivity contribution in [3.8, 4) is 5.75 Å². The maximum atomic E-state index is 13.0. The third kappa shape index (κ3) is 4.22. The van der Waals surface area contributed by atoms with E-state index in [0.29, 0.717) is 12.2 Å². The van der Waals surface area contributed by atoms with Crippen molar-refractivity contribution in [2.75, 3.05) is 5.32 Å². The van der Waals surface area contributed by atoms with Crippen LogP contribution in [0.5, 0.6) is 5.75 Å². The largest absolute Gasteiger partial charge is 0.481 e. The zero-order chi connectivity index (χ0) is 22.9. The zero-order valence-electron chi connectivity index (χ0n) is 19.6. The average Bonchev–Trinajstić information content (AvgIpc) is 3.10. The molecule has 0 aliphatic rings. The SMILES string of the molecule is CC[C@H](Oc1ccc(C(C)(C)C)cc1)C(=O)Nc1ccc2c(c1)c1ccccc1n2CC. The van der Waals surface area contributed by atoms with Crippen molar-refractivity contribution in [1.29, 1.82) is 0 Å². The number of nitrogens with zero attached hydrogens (tertiary/aromatic N) is 1. The van der Waals surface area contributed by atoms with Crippen LogP contribution in [-0.2, 0) is 16.8 Å². The van der Waals surface area contributed by atoms with Crippen LogP contribution < -0.4 is 10.1 Å². The molecule has 0 saturated carbocycles. The van der Waals surface area contributed by atoms with Gasteiger partial charge in [0, 0.05) is 34.0 Å². The van der Waals surface area contributed by atoms with Gasteiger partial charge in [0.25, 0.3) is 5.91 Å². The standard InChI is InChI=1S/C28H32N2O2/c1-6-26(32-21-15-12-19(13-16-21)28(3,4)5)27(31)29-20-14-17-25-23(18-20)22-10-8-9-11-24(22)30(25)7-2/h8-18,26H,6-7H2,1-5H3,(H,29,31)/t26-/m0/s1. The minimum atomic E-state index is -0.553. The van der Waals surface area contributed by atoms with Gasteiger partial charge in [-0.25, -0.2) is 0 Å². The number of aryl methyl sites for hydroxylation is 1. The van der Waals surface area contributed by atoms with Gasteiger partial charge in [-0.1, -0.05) is 58.0 Å². The smallest absolute Gasteiger partial charge is 0.265 e. The van der Waals surface area contributed by atoms with E-state index in [1.165, 1.54) is 22.0 Å². The summed E-state index contributed by atoms with van der Waals surface area (Å²) in [4.78, 5) is 13.0. The summed E-state index contributed by atoms with van der Waals surface area (Å²) < 4.78 is 8.33. The zero-order valence-corrected chi connectivity index (χ0v) is 19.6. The van der Waals surface area contributed by atoms with Crippen molar-refractivity contribution in [3.63, 3.8) is 0 Å². The molecule has 0 aliphatic heterocycles. The number of hydrogen-bond acceptors (Lipinski definition) is 2. The third-order valence-electron chi connectivity index (χ3n) is 6.02. The molecule has 166 valence electrons. The van der Waals surface area contributed by atoms with Gasteiger partial charge < -0.3 is 14.6 Å². The van der Waals surface area contributed by atoms with Gasteiger partial charge in [-0.2, -0.15) is 0 Å². The van der Waals surface area contributed by atoms with Crippen LogP contribution in [0.15, 0.2) is 66.7 Å². The second-order valence-electron chi connectivity index (χ2n) is 9.27. The van der Waals surface area contributed by atoms with E-state index in [2.05, 4.69) is 86.1 Å². The van der Waals surface area contributed by atoms with Crippen LogP contribution in [-0.4, -0.2) is 16.6 Å². The number of benzene rings is 3. The van der Waals surface area contributed by atoms with Crippen LogP contribution in [0.1, 0.15) is 46.6 Å². The summed E-state index contributed by atoms with van der Waals surface area (Å²) in [6.45, 7) is 11.6. The van der Waals surface area contributed by atoms with Crippen molar-refractivity contribution < 1.29 is 9.53 Å². The van der Waals surface area contributed by atoms with Crippen LogP contribution >= 0.6 is 0 Å². The van der Waals surface area contributed by atoms with Gasteiger partial charge in [-0.3, -0.25) is 4.79 Å². The molecule has 0 spiro atoms. The van der Waals surface area contributed by atoms with E-state index in [1.807, 2.05) is 25.1 Å². The first-order valence-corrected chi connectivity index (χ1v) is 11.4. The highest BCUT2D eigenvalue weighted by Gasteiger charge is 2.20. The molecule has 4 aromatic rings. The molecule has 0 radical (unpaired) electrons. The van der Waals surface area contributed by atoms with E-state index >= 15 is 0 Å². The Morgan fingerprint density at radius 2 is 1.62 bits per heavy atom. The first-order valence-electron chi connectivity index (χ1n) is 11.4. The van der Waals surface area contributed by atoms with E-state index in [9.17, 15) is 4.79 Å². The average molecular weight is 429 g/mol. The Morgan fingerprint density at radius 1 is 0.938 bits per heavy atom. The molecule has 0 fully saturated rings. The monoisotopic (exact) mass is 428 g/mol. The van der Waals surface area contributed by atoms with Gasteiger partial charge in [0.15, 0.2) is 6.10 Å². The topological polar surface area (TPSA) is 43.3 Å². The minimum Gasteiger partial charge on any atom is -0.481 e. The van der Waals surface area contributed by atoms with Crippen LogP contribution in [0.25, 0.3) is 21.8 Å². The number of nitrogens with one attached hydrogen (secondary N) is 1. The number of amides is 1. The van der Waals surface area contributed by atoms with Crippen molar-refractivity contribution >= 4 is 33.4 Å². The first-order chi connectivity index (χ1) is 15.3. The Kier molecular flexibility index (Phi) is 5.96. The molecule has 1 atom stereocenters. The van der Waals surface area contributed by atoms with Gasteiger partial charge >= 0.3 is 0 Å². The lowest BCUT2D eigenvalue weighted by Crippen LogP contribution is -2.32. The summed E-state index contributed by atoms with van der Waals surface area (Å²) in [5, 5.41) is 5.40. The fourth-order valence-corrected chi connectivity index (χ4v) is 4.21. The Labute approximate surface area is 190 Å². The number of carbonyl (C=O) groups is 1. The quantitative estimate of drug-likeness (QED) is 0.363. The molecule has 1 amide bonds. The maximum absolute atomic E-state index is 13.0. The van der Waals surface area contributed by atoms with Crippen molar-refractivity contribution in [3.05, 3.63) is 72.3 Å². The van der Waals surface area contributed by atoms with Gasteiger partial charge in [0.05, 0.1) is 0 Å². The molecule has 32 heavy (non-hydrogen) atoms. The molecule has 4 nitrogen and oxygen atoms in total. The number of anilines is 1. The second kappa shape index (κ2) is 8.70. The van der Waals surface area contributed by atoms with E-state index in [0.717, 1.165) is 17.6 Å². The summed E-state index contributed by atoms with van der Waals surface area (Å²) in [6, 6.07) is 22.5. The molecule has 1 N–H and O–H groups in total. The lowest BCUT2D eigenvalue weighted by molar-refractivity contribution is -0.122. The number of rotatable bonds is 6. The summed E-state index contributed by atoms with van der Waals surface area (Å²) in [5.74, 6) is 0.576. The number of aromatic nitrogens is 1. The van der Waals surface area contributed by atoms with Gasteiger partial charge in [0.1, 0.15) is 5.75 Å². The Balaban J connectivity index is 1.55. The Morgan fingerprint density at radius 3 is 2.28 bits per heavy atom. The predicted molar refractivity (Wildman–Crippen MR) is 134 cm³/mol. The fourth-order valence-electron chi connectivity index (χ4n) is 4.21. The molecular weight excluding hydrogens is 396 g/mol. The molecule has 0 unspecified atom stereocenters. The number of para-hydroxylation sites is 1. The normalized spacial score (nSPS) is 12.8. The molecule has 4 heteroatoms. The van der Waals surface area contributed by atoms with E-state index < -0.39 is 6.10 Å². The van der Waals surface area contributed by atoms with Gasteiger partial charge in [-0.05, 0) is 60.7 Å². The number of carbonyl (C=O) groups excluding carboxylic acids is 1. The van der Waals surface area contributed by atoms with Crippen LogP contribution in [0.2, 0.25) is 0 Å². The predicted octanol–water partition coefficient (Wildman–Crippen LogP) is 6.91. The van der Waals surface area contributed by atoms with Crippen LogP contribution in [0.4, 0.5) is 5.69 Å². The number of fused-ring (bicyclic) bond motifs is 3. The summed E-state index contributed by atoms with van der Waals surface area (Å²) in [7, 11) is 0. The molecule has 4 rings (SSSR count). The summed E-state index contributed by atoms with van der Waals surface area (Å²) in [6.07, 6.45) is 0.0349. The molecular formula is C28H32N2O2. The lowest BCUT2D eigenvalue weighted by atomic mass is 9.87. The van der Waals surface area contributed by atoms with Crippen LogP contribution in [0, 0.1) is 0 Å². The minimum absolute atomic E-state index is 0.0829. The van der Waals surface area contributed by atoms with Gasteiger partial charge in [0.2, 0.25) is 0 Å². The number of hydrogen-bond donors (Lipinski definition) is 1. The van der Waals surface area contributed by atoms with Crippen molar-refractivity contribution in [2.45, 2.75) is 59.1 Å². The van der Waals surface area contributed by atoms with Gasteiger partial charge in [-0.15, -0.1) is 0 Å². The highest BCUT2D eigenvalue weighted by atomic mass is 16.5. The summed E-state index contributed by atoms with van der Waals surface area (Å²) in [5.41, 5.74) is 4.49. The number of ether oxygens (including phenoxy) is 1. The molecule has 1 heterocycles. The molecule has 3 aromatic carbocycles. The van der Waals surface area contributed by atoms with Crippen molar-refractivity contribution in [1.82, 2.24) is 4.57 Å². The van der Waals surface area contributed by atoms with E-state index in [4.69, 9.17) is 4.74 Å². The molecule has 0 saturated heterocycles. The second-order valence-corrected chi connectivity index (χ2v) is 9.27.